The lowest BCUT2D eigenvalue weighted by Crippen LogP contribution is -1.99. The Hall–Kier alpha value is -1.20. The zero-order valence-electron chi connectivity index (χ0n) is 8.53. The molecule has 0 fully saturated rings. The predicted molar refractivity (Wildman–Crippen MR) is 65.5 cm³/mol. The van der Waals surface area contributed by atoms with Gasteiger partial charge in [0.05, 0.1) is 4.47 Å². The molecule has 17 heavy (non-hydrogen) atoms. The minimum absolute atomic E-state index is 0.214. The number of halogens is 3. The van der Waals surface area contributed by atoms with Crippen LogP contribution in [0.1, 0.15) is 5.69 Å². The molecule has 0 saturated heterocycles. The van der Waals surface area contributed by atoms with Crippen LogP contribution in [0.25, 0.3) is 0 Å². The quantitative estimate of drug-likeness (QED) is 0.867. The minimum Gasteiger partial charge on any atom is -0.487 e. The molecule has 0 unspecified atom stereocenters. The normalized spacial score (nSPS) is 10.3. The Balaban J connectivity index is 2.02. The van der Waals surface area contributed by atoms with Crippen LogP contribution in [0.5, 0.6) is 5.75 Å². The molecule has 1 aromatic carbocycles. The zero-order valence-corrected chi connectivity index (χ0v) is 10.9. The van der Waals surface area contributed by atoms with Crippen molar-refractivity contribution in [1.82, 2.24) is 10.2 Å². The van der Waals surface area contributed by atoms with Crippen LogP contribution in [-0.2, 0) is 6.61 Å². The van der Waals surface area contributed by atoms with Crippen LogP contribution in [0.15, 0.2) is 34.8 Å². The first kappa shape index (κ1) is 12.3. The van der Waals surface area contributed by atoms with Crippen LogP contribution in [0.4, 0.5) is 4.39 Å². The Kier molecular flexibility index (Phi) is 3.91. The number of hydrogen-bond donors (Lipinski definition) is 0. The smallest absolute Gasteiger partial charge is 0.151 e. The SMILES string of the molecule is Fc1cc(OCc2ccc(Cl)nn2)ccc1Br. The molecular weight excluding hydrogens is 310 g/mol. The number of aromatic nitrogens is 2. The molecular formula is C11H7BrClFN2O. The monoisotopic (exact) mass is 316 g/mol. The van der Waals surface area contributed by atoms with E-state index in [-0.39, 0.29) is 12.4 Å². The fourth-order valence-electron chi connectivity index (χ4n) is 1.14. The van der Waals surface area contributed by atoms with E-state index < -0.39 is 0 Å². The van der Waals surface area contributed by atoms with Gasteiger partial charge in [0, 0.05) is 6.07 Å². The summed E-state index contributed by atoms with van der Waals surface area (Å²) in [5.41, 5.74) is 0.623. The molecule has 0 radical (unpaired) electrons. The summed E-state index contributed by atoms with van der Waals surface area (Å²) in [6.45, 7) is 0.214. The Morgan fingerprint density at radius 1 is 1.24 bits per heavy atom. The van der Waals surface area contributed by atoms with E-state index in [4.69, 9.17) is 16.3 Å². The molecule has 0 spiro atoms. The molecule has 0 aliphatic carbocycles. The highest BCUT2D eigenvalue weighted by molar-refractivity contribution is 9.10. The van der Waals surface area contributed by atoms with Crippen LogP contribution in [0.3, 0.4) is 0 Å². The fourth-order valence-corrected chi connectivity index (χ4v) is 1.49. The summed E-state index contributed by atoms with van der Waals surface area (Å²) in [6, 6.07) is 7.86. The van der Waals surface area contributed by atoms with E-state index in [0.717, 1.165) is 0 Å². The number of nitrogens with zero attached hydrogens (tertiary/aromatic N) is 2. The van der Waals surface area contributed by atoms with E-state index in [9.17, 15) is 4.39 Å². The van der Waals surface area contributed by atoms with E-state index >= 15 is 0 Å². The van der Waals surface area contributed by atoms with Crippen LogP contribution < -0.4 is 4.74 Å². The van der Waals surface area contributed by atoms with Crippen molar-refractivity contribution in [2.45, 2.75) is 6.61 Å². The summed E-state index contributed by atoms with van der Waals surface area (Å²) >= 11 is 8.66. The molecule has 88 valence electrons. The van der Waals surface area contributed by atoms with Crippen molar-refractivity contribution in [3.63, 3.8) is 0 Å². The largest absolute Gasteiger partial charge is 0.487 e. The van der Waals surface area contributed by atoms with E-state index in [1.54, 1.807) is 24.3 Å². The highest BCUT2D eigenvalue weighted by Gasteiger charge is 2.02. The van der Waals surface area contributed by atoms with Crippen molar-refractivity contribution >= 4 is 27.5 Å². The predicted octanol–water partition coefficient (Wildman–Crippen LogP) is 3.61. The van der Waals surface area contributed by atoms with Gasteiger partial charge in [0.2, 0.25) is 0 Å². The van der Waals surface area contributed by atoms with Gasteiger partial charge in [0.1, 0.15) is 23.9 Å². The van der Waals surface area contributed by atoms with Gasteiger partial charge >= 0.3 is 0 Å². The first-order valence-corrected chi connectivity index (χ1v) is 5.88. The molecule has 2 aromatic rings. The van der Waals surface area contributed by atoms with Crippen molar-refractivity contribution in [2.24, 2.45) is 0 Å². The van der Waals surface area contributed by atoms with E-state index in [1.807, 2.05) is 0 Å². The second-order valence-electron chi connectivity index (χ2n) is 3.21. The van der Waals surface area contributed by atoms with Gasteiger partial charge in [-0.15, -0.1) is 5.10 Å². The molecule has 0 bridgehead atoms. The highest BCUT2D eigenvalue weighted by atomic mass is 79.9. The minimum atomic E-state index is -0.371. The van der Waals surface area contributed by atoms with Crippen LogP contribution in [-0.4, -0.2) is 10.2 Å². The zero-order chi connectivity index (χ0) is 12.3. The lowest BCUT2D eigenvalue weighted by atomic mass is 10.3. The second kappa shape index (κ2) is 5.42. The van der Waals surface area contributed by atoms with Crippen molar-refractivity contribution in [3.05, 3.63) is 51.5 Å². The van der Waals surface area contributed by atoms with E-state index in [1.165, 1.54) is 6.07 Å². The van der Waals surface area contributed by atoms with Gasteiger partial charge in [-0.1, -0.05) is 11.6 Å². The van der Waals surface area contributed by atoms with E-state index in [2.05, 4.69) is 26.1 Å². The summed E-state index contributed by atoms with van der Waals surface area (Å²) in [6.07, 6.45) is 0. The molecule has 0 aliphatic rings. The Morgan fingerprint density at radius 3 is 2.71 bits per heavy atom. The van der Waals surface area contributed by atoms with Crippen molar-refractivity contribution < 1.29 is 9.13 Å². The molecule has 3 nitrogen and oxygen atoms in total. The molecule has 1 heterocycles. The third kappa shape index (κ3) is 3.38. The van der Waals surface area contributed by atoms with Crippen LogP contribution >= 0.6 is 27.5 Å². The maximum Gasteiger partial charge on any atom is 0.151 e. The molecule has 0 N–H and O–H groups in total. The van der Waals surface area contributed by atoms with Crippen LogP contribution in [0.2, 0.25) is 5.15 Å². The van der Waals surface area contributed by atoms with Gasteiger partial charge in [-0.25, -0.2) is 4.39 Å². The second-order valence-corrected chi connectivity index (χ2v) is 4.45. The standard InChI is InChI=1S/C11H7BrClFN2O/c12-9-3-2-8(5-10(9)14)17-6-7-1-4-11(13)16-15-7/h1-5H,6H2. The van der Waals surface area contributed by atoms with Gasteiger partial charge in [-0.2, -0.15) is 5.10 Å². The van der Waals surface area contributed by atoms with Gasteiger partial charge in [0.15, 0.2) is 5.15 Å². The summed E-state index contributed by atoms with van der Waals surface area (Å²) in [5, 5.41) is 7.82. The number of hydrogen-bond acceptors (Lipinski definition) is 3. The topological polar surface area (TPSA) is 35.0 Å². The summed E-state index contributed by atoms with van der Waals surface area (Å²) in [4.78, 5) is 0. The number of ether oxygens (including phenoxy) is 1. The van der Waals surface area contributed by atoms with Gasteiger partial charge in [0.25, 0.3) is 0 Å². The molecule has 1 aromatic heterocycles. The first-order valence-electron chi connectivity index (χ1n) is 4.71. The third-order valence-electron chi connectivity index (χ3n) is 1.97. The molecule has 0 saturated carbocycles. The molecule has 0 amide bonds. The summed E-state index contributed by atoms with van der Waals surface area (Å²) in [7, 11) is 0. The maximum absolute atomic E-state index is 13.2. The van der Waals surface area contributed by atoms with Gasteiger partial charge in [-0.05, 0) is 40.2 Å². The van der Waals surface area contributed by atoms with E-state index in [0.29, 0.717) is 21.1 Å². The average Bonchev–Trinajstić information content (AvgIpc) is 2.33. The summed E-state index contributed by atoms with van der Waals surface area (Å²) in [5.74, 6) is 0.0622. The van der Waals surface area contributed by atoms with Crippen molar-refractivity contribution in [3.8, 4) is 5.75 Å². The highest BCUT2D eigenvalue weighted by Crippen LogP contribution is 2.21. The third-order valence-corrected chi connectivity index (χ3v) is 2.81. The molecule has 6 heteroatoms. The van der Waals surface area contributed by atoms with Crippen molar-refractivity contribution in [1.29, 1.82) is 0 Å². The maximum atomic E-state index is 13.2. The summed E-state index contributed by atoms with van der Waals surface area (Å²) < 4.78 is 18.9. The Morgan fingerprint density at radius 2 is 2.06 bits per heavy atom. The van der Waals surface area contributed by atoms with Crippen LogP contribution in [0, 0.1) is 5.82 Å². The number of rotatable bonds is 3. The Labute approximate surface area is 111 Å². The Bertz CT molecular complexity index is 521. The average molecular weight is 318 g/mol. The number of benzene rings is 1. The van der Waals surface area contributed by atoms with Gasteiger partial charge in [-0.3, -0.25) is 0 Å². The molecule has 0 atom stereocenters. The van der Waals surface area contributed by atoms with Gasteiger partial charge < -0.3 is 4.74 Å². The lowest BCUT2D eigenvalue weighted by molar-refractivity contribution is 0.298. The van der Waals surface area contributed by atoms with Crippen molar-refractivity contribution in [2.75, 3.05) is 0 Å². The lowest BCUT2D eigenvalue weighted by Gasteiger charge is -2.05. The molecule has 0 aliphatic heterocycles. The molecule has 2 rings (SSSR count). The first-order chi connectivity index (χ1) is 8.15. The fraction of sp³-hybridized carbons (Fsp3) is 0.0909.